The normalized spacial score (nSPS) is 9.94. The highest BCUT2D eigenvalue weighted by atomic mass is 79.9. The molecule has 0 saturated carbocycles. The van der Waals surface area contributed by atoms with Crippen molar-refractivity contribution in [3.05, 3.63) is 33.8 Å². The molecule has 1 rings (SSSR count). The number of ether oxygens (including phenoxy) is 1. The number of methoxy groups -OCH3 is 1. The monoisotopic (exact) mass is 348 g/mol. The predicted molar refractivity (Wildman–Crippen MR) is 68.2 cm³/mol. The molecule has 0 bridgehead atoms. The highest BCUT2D eigenvalue weighted by Crippen LogP contribution is 2.20. The molecule has 1 aromatic rings. The lowest BCUT2D eigenvalue weighted by atomic mass is 10.1. The van der Waals surface area contributed by atoms with Crippen molar-refractivity contribution in [3.8, 4) is 0 Å². The van der Waals surface area contributed by atoms with Gasteiger partial charge in [-0.2, -0.15) is 0 Å². The maximum atomic E-state index is 11.7. The van der Waals surface area contributed by atoms with Gasteiger partial charge in [-0.1, -0.05) is 31.9 Å². The summed E-state index contributed by atoms with van der Waals surface area (Å²) >= 11 is 6.49. The Balaban J connectivity index is 3.08. The average molecular weight is 350 g/mol. The lowest BCUT2D eigenvalue weighted by molar-refractivity contribution is 0.0600. The highest BCUT2D eigenvalue weighted by Gasteiger charge is 2.13. The van der Waals surface area contributed by atoms with E-state index >= 15 is 0 Å². The molecule has 0 fully saturated rings. The van der Waals surface area contributed by atoms with E-state index in [1.54, 1.807) is 18.2 Å². The van der Waals surface area contributed by atoms with Crippen molar-refractivity contribution < 1.29 is 14.3 Å². The van der Waals surface area contributed by atoms with Crippen molar-refractivity contribution in [2.24, 2.45) is 0 Å². The molecule has 0 heterocycles. The SMILES string of the molecule is COC(=O)c1ccc(Br)c(C(=O)CCBr)c1. The van der Waals surface area contributed by atoms with Crippen LogP contribution in [0.5, 0.6) is 0 Å². The first kappa shape index (κ1) is 13.4. The maximum Gasteiger partial charge on any atom is 0.337 e. The van der Waals surface area contributed by atoms with E-state index < -0.39 is 5.97 Å². The van der Waals surface area contributed by atoms with Crippen LogP contribution in [0, 0.1) is 0 Å². The Hall–Kier alpha value is -0.680. The molecule has 0 radical (unpaired) electrons. The van der Waals surface area contributed by atoms with E-state index in [4.69, 9.17) is 0 Å². The Bertz CT molecular complexity index is 416. The largest absolute Gasteiger partial charge is 0.465 e. The van der Waals surface area contributed by atoms with Gasteiger partial charge >= 0.3 is 5.97 Å². The van der Waals surface area contributed by atoms with E-state index in [0.717, 1.165) is 0 Å². The second kappa shape index (κ2) is 6.15. The molecule has 0 aliphatic carbocycles. The fourth-order valence-corrected chi connectivity index (χ4v) is 2.03. The van der Waals surface area contributed by atoms with Crippen LogP contribution >= 0.6 is 31.9 Å². The van der Waals surface area contributed by atoms with Gasteiger partial charge in [-0.3, -0.25) is 4.79 Å². The molecular weight excluding hydrogens is 340 g/mol. The van der Waals surface area contributed by atoms with Gasteiger partial charge in [0, 0.05) is 21.8 Å². The zero-order valence-corrected chi connectivity index (χ0v) is 11.8. The fourth-order valence-electron chi connectivity index (χ4n) is 1.20. The number of ketones is 1. The molecule has 0 aromatic heterocycles. The topological polar surface area (TPSA) is 43.4 Å². The molecule has 5 heteroatoms. The fraction of sp³-hybridized carbons (Fsp3) is 0.273. The predicted octanol–water partition coefficient (Wildman–Crippen LogP) is 3.20. The summed E-state index contributed by atoms with van der Waals surface area (Å²) in [6.45, 7) is 0. The van der Waals surface area contributed by atoms with Crippen molar-refractivity contribution in [3.63, 3.8) is 0 Å². The number of esters is 1. The summed E-state index contributed by atoms with van der Waals surface area (Å²) in [6.07, 6.45) is 0.392. The Kier molecular flexibility index (Phi) is 5.15. The van der Waals surface area contributed by atoms with E-state index in [1.165, 1.54) is 7.11 Å². The van der Waals surface area contributed by atoms with E-state index in [9.17, 15) is 9.59 Å². The number of alkyl halides is 1. The van der Waals surface area contributed by atoms with Gasteiger partial charge in [0.15, 0.2) is 5.78 Å². The van der Waals surface area contributed by atoms with Crippen molar-refractivity contribution in [1.82, 2.24) is 0 Å². The Morgan fingerprint density at radius 3 is 2.62 bits per heavy atom. The number of rotatable bonds is 4. The third kappa shape index (κ3) is 3.15. The minimum Gasteiger partial charge on any atom is -0.465 e. The molecular formula is C11H10Br2O3. The second-order valence-corrected chi connectivity index (χ2v) is 4.70. The quantitative estimate of drug-likeness (QED) is 0.476. The van der Waals surface area contributed by atoms with E-state index in [-0.39, 0.29) is 5.78 Å². The summed E-state index contributed by atoms with van der Waals surface area (Å²) in [6, 6.07) is 4.83. The summed E-state index contributed by atoms with van der Waals surface area (Å²) in [5, 5.41) is 0.598. The third-order valence-corrected chi connectivity index (χ3v) is 3.10. The van der Waals surface area contributed by atoms with Gasteiger partial charge in [0.1, 0.15) is 0 Å². The molecule has 0 aliphatic heterocycles. The number of hydrogen-bond acceptors (Lipinski definition) is 3. The number of halogens is 2. The molecule has 86 valence electrons. The molecule has 0 spiro atoms. The van der Waals surface area contributed by atoms with E-state index in [2.05, 4.69) is 36.6 Å². The minimum absolute atomic E-state index is 0.0190. The summed E-state index contributed by atoms with van der Waals surface area (Å²) in [5.74, 6) is -0.463. The lowest BCUT2D eigenvalue weighted by Gasteiger charge is -2.05. The van der Waals surface area contributed by atoms with Gasteiger partial charge in [0.25, 0.3) is 0 Å². The zero-order valence-electron chi connectivity index (χ0n) is 8.63. The van der Waals surface area contributed by atoms with Crippen LogP contribution < -0.4 is 0 Å². The lowest BCUT2D eigenvalue weighted by Crippen LogP contribution is -2.06. The highest BCUT2D eigenvalue weighted by molar-refractivity contribution is 9.10. The molecule has 0 unspecified atom stereocenters. The van der Waals surface area contributed by atoms with Crippen LogP contribution in [0.2, 0.25) is 0 Å². The number of carbonyl (C=O) groups is 2. The van der Waals surface area contributed by atoms with Crippen LogP contribution in [-0.4, -0.2) is 24.2 Å². The zero-order chi connectivity index (χ0) is 12.1. The smallest absolute Gasteiger partial charge is 0.337 e. The Morgan fingerprint density at radius 2 is 2.06 bits per heavy atom. The molecule has 16 heavy (non-hydrogen) atoms. The summed E-state index contributed by atoms with van der Waals surface area (Å²) in [7, 11) is 1.31. The van der Waals surface area contributed by atoms with Crippen LogP contribution in [0.3, 0.4) is 0 Å². The average Bonchev–Trinajstić information content (AvgIpc) is 2.29. The first-order valence-corrected chi connectivity index (χ1v) is 6.48. The minimum atomic E-state index is -0.444. The van der Waals surface area contributed by atoms with Crippen LogP contribution in [0.15, 0.2) is 22.7 Å². The second-order valence-electron chi connectivity index (χ2n) is 3.05. The van der Waals surface area contributed by atoms with Gasteiger partial charge < -0.3 is 4.74 Å². The van der Waals surface area contributed by atoms with Gasteiger partial charge in [-0.05, 0) is 18.2 Å². The molecule has 0 atom stereocenters. The number of benzene rings is 1. The number of hydrogen-bond donors (Lipinski definition) is 0. The molecule has 3 nitrogen and oxygen atoms in total. The van der Waals surface area contributed by atoms with E-state index in [0.29, 0.717) is 27.4 Å². The summed E-state index contributed by atoms with van der Waals surface area (Å²) < 4.78 is 5.28. The van der Waals surface area contributed by atoms with Crippen molar-refractivity contribution in [1.29, 1.82) is 0 Å². The molecule has 0 saturated heterocycles. The first-order valence-electron chi connectivity index (χ1n) is 4.57. The van der Waals surface area contributed by atoms with Gasteiger partial charge in [-0.25, -0.2) is 4.79 Å². The van der Waals surface area contributed by atoms with E-state index in [1.807, 2.05) is 0 Å². The van der Waals surface area contributed by atoms with Crippen molar-refractivity contribution in [2.45, 2.75) is 6.42 Å². The maximum absolute atomic E-state index is 11.7. The molecule has 1 aromatic carbocycles. The van der Waals surface area contributed by atoms with Crippen LogP contribution in [0.4, 0.5) is 0 Å². The van der Waals surface area contributed by atoms with Crippen LogP contribution in [-0.2, 0) is 4.74 Å². The number of Topliss-reactive ketones (excluding diaryl/α,β-unsaturated/α-hetero) is 1. The summed E-state index contributed by atoms with van der Waals surface area (Å²) in [5.41, 5.74) is 0.881. The van der Waals surface area contributed by atoms with Crippen LogP contribution in [0.25, 0.3) is 0 Å². The summed E-state index contributed by atoms with van der Waals surface area (Å²) in [4.78, 5) is 23.0. The standard InChI is InChI=1S/C11H10Br2O3/c1-16-11(15)7-2-3-9(13)8(6-7)10(14)4-5-12/h2-3,6H,4-5H2,1H3. The Labute approximate surface area is 110 Å². The van der Waals surface area contributed by atoms with Gasteiger partial charge in [0.2, 0.25) is 0 Å². The molecule has 0 N–H and O–H groups in total. The number of carbonyl (C=O) groups excluding carboxylic acids is 2. The third-order valence-electron chi connectivity index (χ3n) is 2.01. The van der Waals surface area contributed by atoms with Gasteiger partial charge in [-0.15, -0.1) is 0 Å². The van der Waals surface area contributed by atoms with Crippen molar-refractivity contribution in [2.75, 3.05) is 12.4 Å². The van der Waals surface area contributed by atoms with Gasteiger partial charge in [0.05, 0.1) is 12.7 Å². The first-order chi connectivity index (χ1) is 7.60. The molecule has 0 aliphatic rings. The van der Waals surface area contributed by atoms with Crippen LogP contribution in [0.1, 0.15) is 27.1 Å². The Morgan fingerprint density at radius 1 is 1.38 bits per heavy atom. The van der Waals surface area contributed by atoms with Crippen molar-refractivity contribution >= 4 is 43.6 Å². The molecule has 0 amide bonds.